The molecule has 0 heterocycles. The minimum Gasteiger partial charge on any atom is -1.00 e. The summed E-state index contributed by atoms with van der Waals surface area (Å²) in [7, 11) is -4.85. The van der Waals surface area contributed by atoms with Crippen molar-refractivity contribution >= 4 is 22.1 Å². The second-order valence-corrected chi connectivity index (χ2v) is 4.54. The minimum atomic E-state index is -4.85. The van der Waals surface area contributed by atoms with E-state index in [9.17, 15) is 18.0 Å². The Kier molecular flexibility index (Phi) is 6.67. The Morgan fingerprint density at radius 3 is 2.26 bits per heavy atom. The van der Waals surface area contributed by atoms with Gasteiger partial charge in [-0.2, -0.15) is 8.42 Å². The van der Waals surface area contributed by atoms with Gasteiger partial charge in [0.2, 0.25) is 0 Å². The molecule has 7 nitrogen and oxygen atoms in total. The Morgan fingerprint density at radius 2 is 1.84 bits per heavy atom. The van der Waals surface area contributed by atoms with Gasteiger partial charge in [0, 0.05) is 0 Å². The molecule has 2 N–H and O–H groups in total. The Bertz CT molecular complexity index is 600. The van der Waals surface area contributed by atoms with E-state index in [4.69, 9.17) is 9.66 Å². The second kappa shape index (κ2) is 7.01. The zero-order valence-electron chi connectivity index (χ0n) is 11.3. The quantitative estimate of drug-likeness (QED) is 0.372. The predicted molar refractivity (Wildman–Crippen MR) is 60.3 cm³/mol. The molecule has 0 bridgehead atoms. The summed E-state index contributed by atoms with van der Waals surface area (Å²) in [5.41, 5.74) is -1.21. The molecule has 0 saturated carbocycles. The maximum atomic E-state index is 11.5. The van der Waals surface area contributed by atoms with Gasteiger partial charge in [-0.1, -0.05) is 6.07 Å². The van der Waals surface area contributed by atoms with Crippen molar-refractivity contribution in [2.75, 3.05) is 6.61 Å². The molecule has 0 unspecified atom stereocenters. The average Bonchev–Trinajstić information content (AvgIpc) is 2.27. The van der Waals surface area contributed by atoms with Crippen molar-refractivity contribution in [1.29, 1.82) is 0 Å². The van der Waals surface area contributed by atoms with E-state index in [0.717, 1.165) is 12.1 Å². The largest absolute Gasteiger partial charge is 1.00 e. The van der Waals surface area contributed by atoms with Crippen LogP contribution in [0.1, 0.15) is 29.1 Å². The molecule has 1 aromatic carbocycles. The van der Waals surface area contributed by atoms with Crippen LogP contribution in [0.25, 0.3) is 0 Å². The predicted octanol–water partition coefficient (Wildman–Crippen LogP) is -2.08. The number of carboxylic acid groups (broad SMARTS) is 1. The standard InChI is InChI=1S/C10H10O7S.Na.H/c1-2-17-10(13)7-5-3-4-6(9(11)12)8(7)18(14,15)16;;/h3-5H,2H2,1H3,(H,11,12)(H,14,15,16);;/q;+1;-1. The summed E-state index contributed by atoms with van der Waals surface area (Å²) in [6.45, 7) is 1.49. The molecule has 0 aliphatic heterocycles. The van der Waals surface area contributed by atoms with Crippen LogP contribution in [-0.4, -0.2) is 36.6 Å². The van der Waals surface area contributed by atoms with E-state index >= 15 is 0 Å². The van der Waals surface area contributed by atoms with Crippen LogP contribution in [0.15, 0.2) is 23.1 Å². The number of hydrogen-bond donors (Lipinski definition) is 2. The summed E-state index contributed by atoms with van der Waals surface area (Å²) < 4.78 is 36.0. The SMILES string of the molecule is CCOC(=O)c1cccc(C(=O)O)c1S(=O)(=O)O.[H-].[Na+]. The Morgan fingerprint density at radius 1 is 1.32 bits per heavy atom. The van der Waals surface area contributed by atoms with Crippen LogP contribution in [0.3, 0.4) is 0 Å². The van der Waals surface area contributed by atoms with Crippen molar-refractivity contribution in [2.45, 2.75) is 11.8 Å². The number of esters is 1. The van der Waals surface area contributed by atoms with E-state index < -0.39 is 38.1 Å². The topological polar surface area (TPSA) is 118 Å². The van der Waals surface area contributed by atoms with Gasteiger partial charge < -0.3 is 11.3 Å². The van der Waals surface area contributed by atoms with E-state index in [1.807, 2.05) is 0 Å². The summed E-state index contributed by atoms with van der Waals surface area (Å²) >= 11 is 0. The smallest absolute Gasteiger partial charge is 1.00 e. The van der Waals surface area contributed by atoms with Crippen LogP contribution >= 0.6 is 0 Å². The van der Waals surface area contributed by atoms with E-state index in [1.54, 1.807) is 0 Å². The first-order chi connectivity index (χ1) is 8.29. The number of rotatable bonds is 4. The monoisotopic (exact) mass is 298 g/mol. The first-order valence-electron chi connectivity index (χ1n) is 4.80. The van der Waals surface area contributed by atoms with Crippen LogP contribution < -0.4 is 29.6 Å². The van der Waals surface area contributed by atoms with Crippen molar-refractivity contribution in [3.05, 3.63) is 29.3 Å². The van der Waals surface area contributed by atoms with Gasteiger partial charge in [0.15, 0.2) is 0 Å². The van der Waals surface area contributed by atoms with E-state index in [0.29, 0.717) is 0 Å². The molecular weight excluding hydrogens is 287 g/mol. The summed E-state index contributed by atoms with van der Waals surface area (Å²) in [5, 5.41) is 8.84. The van der Waals surface area contributed by atoms with E-state index in [1.165, 1.54) is 13.0 Å². The Labute approximate surface area is 133 Å². The fraction of sp³-hybridized carbons (Fsp3) is 0.200. The Balaban J connectivity index is 0. The first kappa shape index (κ1) is 18.1. The number of carboxylic acids is 1. The van der Waals surface area contributed by atoms with Crippen molar-refractivity contribution in [1.82, 2.24) is 0 Å². The molecule has 0 aliphatic rings. The molecule has 1 aromatic rings. The van der Waals surface area contributed by atoms with Crippen molar-refractivity contribution in [2.24, 2.45) is 0 Å². The van der Waals surface area contributed by atoms with Crippen LogP contribution in [-0.2, 0) is 14.9 Å². The fourth-order valence-corrected chi connectivity index (χ4v) is 2.22. The molecule has 100 valence electrons. The second-order valence-electron chi connectivity index (χ2n) is 3.18. The first-order valence-corrected chi connectivity index (χ1v) is 6.24. The molecule has 19 heavy (non-hydrogen) atoms. The summed E-state index contributed by atoms with van der Waals surface area (Å²) in [6.07, 6.45) is 0. The number of benzene rings is 1. The third kappa shape index (κ3) is 4.29. The van der Waals surface area contributed by atoms with Gasteiger partial charge in [0.05, 0.1) is 17.7 Å². The van der Waals surface area contributed by atoms with Crippen LogP contribution in [0, 0.1) is 0 Å². The van der Waals surface area contributed by atoms with Gasteiger partial charge in [0.1, 0.15) is 4.90 Å². The van der Waals surface area contributed by atoms with E-state index in [-0.39, 0.29) is 37.6 Å². The molecule has 9 heteroatoms. The molecule has 0 aromatic heterocycles. The number of ether oxygens (including phenoxy) is 1. The molecule has 0 fully saturated rings. The van der Waals surface area contributed by atoms with E-state index in [2.05, 4.69) is 4.74 Å². The molecule has 0 aliphatic carbocycles. The van der Waals surface area contributed by atoms with Gasteiger partial charge in [-0.3, -0.25) is 4.55 Å². The van der Waals surface area contributed by atoms with Crippen LogP contribution in [0.4, 0.5) is 0 Å². The third-order valence-corrected chi connectivity index (χ3v) is 2.95. The third-order valence-electron chi connectivity index (χ3n) is 2.00. The van der Waals surface area contributed by atoms with Crippen LogP contribution in [0.2, 0.25) is 0 Å². The van der Waals surface area contributed by atoms with Gasteiger partial charge in [-0.25, -0.2) is 9.59 Å². The molecule has 1 rings (SSSR count). The number of carbonyl (C=O) groups is 2. The summed E-state index contributed by atoms with van der Waals surface area (Å²) in [5.74, 6) is -2.60. The number of aromatic carboxylic acids is 1. The summed E-state index contributed by atoms with van der Waals surface area (Å²) in [4.78, 5) is 21.4. The maximum absolute atomic E-state index is 11.5. The zero-order chi connectivity index (χ0) is 13.9. The van der Waals surface area contributed by atoms with Crippen molar-refractivity contribution in [3.63, 3.8) is 0 Å². The molecular formula is C10H11NaO7S. The molecule has 0 atom stereocenters. The fourth-order valence-electron chi connectivity index (χ4n) is 1.35. The molecule has 0 saturated heterocycles. The minimum absolute atomic E-state index is 0. The van der Waals surface area contributed by atoms with Gasteiger partial charge >= 0.3 is 41.5 Å². The molecule has 0 spiro atoms. The van der Waals surface area contributed by atoms with Crippen LogP contribution in [0.5, 0.6) is 0 Å². The van der Waals surface area contributed by atoms with Gasteiger partial charge in [0.25, 0.3) is 10.1 Å². The number of carbonyl (C=O) groups excluding carboxylic acids is 1. The molecule has 0 radical (unpaired) electrons. The van der Waals surface area contributed by atoms with Gasteiger partial charge in [-0.05, 0) is 19.1 Å². The summed E-state index contributed by atoms with van der Waals surface area (Å²) in [6, 6.07) is 3.21. The van der Waals surface area contributed by atoms with Crippen molar-refractivity contribution in [3.8, 4) is 0 Å². The maximum Gasteiger partial charge on any atom is 1.00 e. The Hall–Kier alpha value is -0.930. The number of hydrogen-bond acceptors (Lipinski definition) is 5. The normalized spacial score (nSPS) is 10.4. The van der Waals surface area contributed by atoms with Gasteiger partial charge in [-0.15, -0.1) is 0 Å². The average molecular weight is 298 g/mol. The van der Waals surface area contributed by atoms with Crippen molar-refractivity contribution < 1.29 is 63.4 Å². The zero-order valence-corrected chi connectivity index (χ0v) is 13.1. The molecule has 0 amide bonds.